The Bertz CT molecular complexity index is 637. The van der Waals surface area contributed by atoms with Gasteiger partial charge in [0.15, 0.2) is 11.5 Å². The van der Waals surface area contributed by atoms with Crippen molar-refractivity contribution in [2.45, 2.75) is 58.4 Å². The molecular formula is C20H30N2O4. The van der Waals surface area contributed by atoms with Gasteiger partial charge >= 0.3 is 0 Å². The van der Waals surface area contributed by atoms with E-state index in [0.717, 1.165) is 25.7 Å². The molecule has 1 aromatic rings. The topological polar surface area (TPSA) is 76.7 Å². The maximum Gasteiger partial charge on any atom is 0.253 e. The fourth-order valence-electron chi connectivity index (χ4n) is 3.25. The minimum Gasteiger partial charge on any atom is -0.493 e. The number of methoxy groups -OCH3 is 2. The van der Waals surface area contributed by atoms with E-state index in [4.69, 9.17) is 9.47 Å². The molecule has 6 nitrogen and oxygen atoms in total. The molecule has 144 valence electrons. The molecule has 2 N–H and O–H groups in total. The molecule has 0 spiro atoms. The summed E-state index contributed by atoms with van der Waals surface area (Å²) in [5.74, 6) is 0.844. The van der Waals surface area contributed by atoms with Gasteiger partial charge in [0.05, 0.1) is 25.5 Å². The van der Waals surface area contributed by atoms with Crippen LogP contribution in [0.15, 0.2) is 12.1 Å². The smallest absolute Gasteiger partial charge is 0.253 e. The maximum atomic E-state index is 12.8. The van der Waals surface area contributed by atoms with E-state index < -0.39 is 0 Å². The van der Waals surface area contributed by atoms with Gasteiger partial charge in [-0.05, 0) is 24.8 Å². The predicted octanol–water partition coefficient (Wildman–Crippen LogP) is 3.75. The fourth-order valence-corrected chi connectivity index (χ4v) is 3.25. The van der Waals surface area contributed by atoms with Gasteiger partial charge in [-0.1, -0.05) is 33.1 Å². The van der Waals surface area contributed by atoms with Crippen LogP contribution in [-0.2, 0) is 4.79 Å². The van der Waals surface area contributed by atoms with Crippen LogP contribution in [0.4, 0.5) is 5.69 Å². The summed E-state index contributed by atoms with van der Waals surface area (Å²) < 4.78 is 10.6. The van der Waals surface area contributed by atoms with E-state index in [1.807, 2.05) is 13.8 Å². The highest BCUT2D eigenvalue weighted by Crippen LogP contribution is 2.34. The lowest BCUT2D eigenvalue weighted by molar-refractivity contribution is -0.116. The quantitative estimate of drug-likeness (QED) is 0.774. The first-order valence-corrected chi connectivity index (χ1v) is 9.31. The second kappa shape index (κ2) is 9.46. The van der Waals surface area contributed by atoms with Gasteiger partial charge in [0, 0.05) is 18.5 Å². The molecule has 1 saturated carbocycles. The molecule has 0 radical (unpaired) electrons. The van der Waals surface area contributed by atoms with Gasteiger partial charge in [-0.2, -0.15) is 0 Å². The van der Waals surface area contributed by atoms with Gasteiger partial charge in [-0.25, -0.2) is 0 Å². The van der Waals surface area contributed by atoms with Gasteiger partial charge in [0.1, 0.15) is 0 Å². The number of carbonyl (C=O) groups is 2. The van der Waals surface area contributed by atoms with Crippen molar-refractivity contribution in [3.63, 3.8) is 0 Å². The zero-order chi connectivity index (χ0) is 19.1. The van der Waals surface area contributed by atoms with Crippen molar-refractivity contribution in [2.24, 2.45) is 5.92 Å². The number of anilines is 1. The van der Waals surface area contributed by atoms with Gasteiger partial charge in [0.25, 0.3) is 5.91 Å². The van der Waals surface area contributed by atoms with Crippen LogP contribution in [0.1, 0.15) is 62.7 Å². The van der Waals surface area contributed by atoms with Crippen LogP contribution in [-0.4, -0.2) is 32.1 Å². The van der Waals surface area contributed by atoms with E-state index in [1.54, 1.807) is 12.1 Å². The van der Waals surface area contributed by atoms with Gasteiger partial charge in [0.2, 0.25) is 5.91 Å². The Morgan fingerprint density at radius 2 is 1.69 bits per heavy atom. The fraction of sp³-hybridized carbons (Fsp3) is 0.600. The monoisotopic (exact) mass is 362 g/mol. The molecule has 0 atom stereocenters. The molecule has 0 unspecified atom stereocenters. The minimum absolute atomic E-state index is 0.126. The summed E-state index contributed by atoms with van der Waals surface area (Å²) in [5.41, 5.74) is 0.840. The summed E-state index contributed by atoms with van der Waals surface area (Å²) in [7, 11) is 3.05. The first kappa shape index (κ1) is 20.1. The highest BCUT2D eigenvalue weighted by atomic mass is 16.5. The molecule has 1 aliphatic carbocycles. The predicted molar refractivity (Wildman–Crippen MR) is 102 cm³/mol. The molecule has 6 heteroatoms. The average molecular weight is 362 g/mol. The first-order chi connectivity index (χ1) is 12.4. The molecule has 2 rings (SSSR count). The van der Waals surface area contributed by atoms with E-state index in [-0.39, 0.29) is 23.8 Å². The van der Waals surface area contributed by atoms with Crippen molar-refractivity contribution >= 4 is 17.5 Å². The van der Waals surface area contributed by atoms with Crippen LogP contribution >= 0.6 is 0 Å². The number of amides is 2. The zero-order valence-electron chi connectivity index (χ0n) is 16.2. The molecule has 1 fully saturated rings. The number of nitrogens with one attached hydrogen (secondary N) is 2. The Morgan fingerprint density at radius 3 is 2.27 bits per heavy atom. The SMILES string of the molecule is COc1cc(NC(=O)CC(C)C)c(C(=O)NC2CCCCC2)cc1OC. The van der Waals surface area contributed by atoms with E-state index in [2.05, 4.69) is 10.6 Å². The van der Waals surface area contributed by atoms with E-state index in [9.17, 15) is 9.59 Å². The van der Waals surface area contributed by atoms with Crippen LogP contribution < -0.4 is 20.1 Å². The summed E-state index contributed by atoms with van der Waals surface area (Å²) >= 11 is 0. The average Bonchev–Trinajstić information content (AvgIpc) is 2.61. The summed E-state index contributed by atoms with van der Waals surface area (Å²) in [5, 5.41) is 5.94. The second-order valence-corrected chi connectivity index (χ2v) is 7.21. The molecule has 0 bridgehead atoms. The Morgan fingerprint density at radius 1 is 1.08 bits per heavy atom. The van der Waals surface area contributed by atoms with Gasteiger partial charge in [-0.15, -0.1) is 0 Å². The Labute approximate surface area is 155 Å². The normalized spacial score (nSPS) is 14.8. The van der Waals surface area contributed by atoms with Crippen LogP contribution in [0.2, 0.25) is 0 Å². The molecule has 0 aliphatic heterocycles. The number of rotatable bonds is 7. The third-order valence-electron chi connectivity index (χ3n) is 4.58. The standard InChI is InChI=1S/C20H30N2O4/c1-13(2)10-19(23)22-16-12-18(26-4)17(25-3)11-15(16)20(24)21-14-8-6-5-7-9-14/h11-14H,5-10H2,1-4H3,(H,21,24)(H,22,23). The molecule has 0 heterocycles. The number of benzene rings is 1. The highest BCUT2D eigenvalue weighted by molar-refractivity contribution is 6.04. The van der Waals surface area contributed by atoms with E-state index >= 15 is 0 Å². The first-order valence-electron chi connectivity index (χ1n) is 9.31. The molecule has 2 amide bonds. The zero-order valence-corrected chi connectivity index (χ0v) is 16.2. The number of ether oxygens (including phenoxy) is 2. The van der Waals surface area contributed by atoms with Crippen molar-refractivity contribution < 1.29 is 19.1 Å². The van der Waals surface area contributed by atoms with Crippen LogP contribution in [0.5, 0.6) is 11.5 Å². The third-order valence-corrected chi connectivity index (χ3v) is 4.58. The van der Waals surface area contributed by atoms with Crippen molar-refractivity contribution in [1.29, 1.82) is 0 Å². The van der Waals surface area contributed by atoms with Gasteiger partial charge < -0.3 is 20.1 Å². The largest absolute Gasteiger partial charge is 0.493 e. The van der Waals surface area contributed by atoms with Crippen LogP contribution in [0, 0.1) is 5.92 Å². The molecule has 0 saturated heterocycles. The Balaban J connectivity index is 2.27. The number of hydrogen-bond acceptors (Lipinski definition) is 4. The maximum absolute atomic E-state index is 12.8. The Kier molecular flexibility index (Phi) is 7.30. The second-order valence-electron chi connectivity index (χ2n) is 7.21. The van der Waals surface area contributed by atoms with E-state index in [1.165, 1.54) is 20.6 Å². The molecule has 1 aromatic carbocycles. The van der Waals surface area contributed by atoms with Crippen molar-refractivity contribution in [3.05, 3.63) is 17.7 Å². The van der Waals surface area contributed by atoms with Crippen molar-refractivity contribution in [2.75, 3.05) is 19.5 Å². The third kappa shape index (κ3) is 5.38. The minimum atomic E-state index is -0.197. The van der Waals surface area contributed by atoms with Crippen LogP contribution in [0.25, 0.3) is 0 Å². The Hall–Kier alpha value is -2.24. The molecule has 0 aromatic heterocycles. The van der Waals surface area contributed by atoms with Gasteiger partial charge in [-0.3, -0.25) is 9.59 Å². The number of hydrogen-bond donors (Lipinski definition) is 2. The highest BCUT2D eigenvalue weighted by Gasteiger charge is 2.22. The molecule has 1 aliphatic rings. The summed E-state index contributed by atoms with van der Waals surface area (Å²) in [6.07, 6.45) is 5.86. The summed E-state index contributed by atoms with van der Waals surface area (Å²) in [6.45, 7) is 3.95. The summed E-state index contributed by atoms with van der Waals surface area (Å²) in [6, 6.07) is 3.46. The summed E-state index contributed by atoms with van der Waals surface area (Å²) in [4.78, 5) is 25.1. The molecule has 26 heavy (non-hydrogen) atoms. The van der Waals surface area contributed by atoms with E-state index in [0.29, 0.717) is 29.2 Å². The molecular weight excluding hydrogens is 332 g/mol. The lowest BCUT2D eigenvalue weighted by Crippen LogP contribution is -2.36. The van der Waals surface area contributed by atoms with Crippen LogP contribution in [0.3, 0.4) is 0 Å². The van der Waals surface area contributed by atoms with Crippen molar-refractivity contribution in [1.82, 2.24) is 5.32 Å². The van der Waals surface area contributed by atoms with Crippen molar-refractivity contribution in [3.8, 4) is 11.5 Å². The lowest BCUT2D eigenvalue weighted by Gasteiger charge is -2.24. The lowest BCUT2D eigenvalue weighted by atomic mass is 9.95. The number of carbonyl (C=O) groups excluding carboxylic acids is 2.